The van der Waals surface area contributed by atoms with Crippen molar-refractivity contribution in [2.45, 2.75) is 32.2 Å². The van der Waals surface area contributed by atoms with Crippen LogP contribution in [-0.2, 0) is 0 Å². The smallest absolute Gasteiger partial charge is 0.313 e. The van der Waals surface area contributed by atoms with E-state index in [4.69, 9.17) is 0 Å². The van der Waals surface area contributed by atoms with Gasteiger partial charge < -0.3 is 9.88 Å². The normalized spacial score (nSPS) is 19.5. The molecule has 0 unspecified atom stereocenters. The van der Waals surface area contributed by atoms with Crippen molar-refractivity contribution >= 4 is 0 Å². The minimum absolute atomic E-state index is 0.0314. The summed E-state index contributed by atoms with van der Waals surface area (Å²) in [6, 6.07) is 0.400. The molecule has 0 radical (unpaired) electrons. The molecule has 1 saturated heterocycles. The number of piperidine rings is 1. The molecule has 0 aliphatic carbocycles. The molecule has 1 aromatic rings. The van der Waals surface area contributed by atoms with Crippen LogP contribution in [0.5, 0.6) is 0 Å². The van der Waals surface area contributed by atoms with Crippen LogP contribution in [0.3, 0.4) is 0 Å². The van der Waals surface area contributed by atoms with Crippen molar-refractivity contribution in [3.63, 3.8) is 0 Å². The van der Waals surface area contributed by atoms with Gasteiger partial charge in [-0.1, -0.05) is 6.92 Å². The lowest BCUT2D eigenvalue weighted by molar-refractivity contribution is 0.185. The first-order valence-corrected chi connectivity index (χ1v) is 5.79. The molecule has 0 saturated carbocycles. The fourth-order valence-corrected chi connectivity index (χ4v) is 2.36. The number of nitrogens with zero attached hydrogens (tertiary/aromatic N) is 2. The topological polar surface area (TPSA) is 41.0 Å². The fourth-order valence-electron chi connectivity index (χ4n) is 2.36. The van der Waals surface area contributed by atoms with Gasteiger partial charge in [-0.15, -0.1) is 0 Å². The molecule has 84 valence electrons. The highest BCUT2D eigenvalue weighted by Gasteiger charge is 2.20. The van der Waals surface area contributed by atoms with Gasteiger partial charge in [0, 0.05) is 31.5 Å². The van der Waals surface area contributed by atoms with Crippen LogP contribution in [0.25, 0.3) is 0 Å². The molecule has 1 N–H and O–H groups in total. The first kappa shape index (κ1) is 10.5. The maximum atomic E-state index is 11.4. The van der Waals surface area contributed by atoms with E-state index in [2.05, 4.69) is 16.8 Å². The number of hydrogen-bond donors (Lipinski definition) is 1. The van der Waals surface area contributed by atoms with E-state index in [0.29, 0.717) is 6.04 Å². The maximum Gasteiger partial charge on any atom is 0.325 e. The zero-order valence-corrected chi connectivity index (χ0v) is 9.28. The van der Waals surface area contributed by atoms with Gasteiger partial charge in [0.1, 0.15) is 0 Å². The summed E-state index contributed by atoms with van der Waals surface area (Å²) in [4.78, 5) is 16.6. The van der Waals surface area contributed by atoms with Crippen LogP contribution < -0.4 is 5.69 Å². The molecule has 0 bridgehead atoms. The Kier molecular flexibility index (Phi) is 3.26. The summed E-state index contributed by atoms with van der Waals surface area (Å²) in [5.74, 6) is 0. The van der Waals surface area contributed by atoms with E-state index in [1.165, 1.54) is 13.0 Å². The van der Waals surface area contributed by atoms with E-state index in [0.717, 1.165) is 25.9 Å². The lowest BCUT2D eigenvalue weighted by atomic mass is 10.0. The average Bonchev–Trinajstić information content (AvgIpc) is 2.66. The number of likely N-dealkylation sites (tertiary alicyclic amines) is 1. The van der Waals surface area contributed by atoms with E-state index in [1.807, 2.05) is 10.8 Å². The summed E-state index contributed by atoms with van der Waals surface area (Å²) in [5, 5.41) is 0. The highest BCUT2D eigenvalue weighted by atomic mass is 16.1. The van der Waals surface area contributed by atoms with Gasteiger partial charge in [0.25, 0.3) is 0 Å². The predicted octanol–water partition coefficient (Wildman–Crippen LogP) is 1.22. The predicted molar refractivity (Wildman–Crippen MR) is 60.1 cm³/mol. The summed E-state index contributed by atoms with van der Waals surface area (Å²) in [5.41, 5.74) is 0.0314. The van der Waals surface area contributed by atoms with Crippen LogP contribution in [0, 0.1) is 0 Å². The molecule has 2 rings (SSSR count). The average molecular weight is 209 g/mol. The Bertz CT molecular complexity index is 347. The summed E-state index contributed by atoms with van der Waals surface area (Å²) in [6.07, 6.45) is 6.99. The molecule has 15 heavy (non-hydrogen) atoms. The summed E-state index contributed by atoms with van der Waals surface area (Å²) in [7, 11) is 0. The second-order valence-electron chi connectivity index (χ2n) is 4.25. The number of rotatable bonds is 3. The summed E-state index contributed by atoms with van der Waals surface area (Å²) < 4.78 is 1.84. The van der Waals surface area contributed by atoms with Crippen molar-refractivity contribution in [3.8, 4) is 0 Å². The highest BCUT2D eigenvalue weighted by molar-refractivity contribution is 4.84. The number of H-pyrrole nitrogens is 1. The molecule has 0 spiro atoms. The molecular weight excluding hydrogens is 190 g/mol. The molecular formula is C11H19N3O. The second-order valence-corrected chi connectivity index (χ2v) is 4.25. The molecule has 2 heterocycles. The first-order valence-electron chi connectivity index (χ1n) is 5.79. The van der Waals surface area contributed by atoms with Gasteiger partial charge in [-0.3, -0.25) is 4.57 Å². The van der Waals surface area contributed by atoms with Crippen molar-refractivity contribution in [1.82, 2.24) is 14.5 Å². The number of aromatic amines is 1. The van der Waals surface area contributed by atoms with Crippen LogP contribution >= 0.6 is 0 Å². The summed E-state index contributed by atoms with van der Waals surface area (Å²) in [6.45, 7) is 5.64. The Morgan fingerprint density at radius 1 is 1.47 bits per heavy atom. The van der Waals surface area contributed by atoms with Crippen LogP contribution in [0.2, 0.25) is 0 Å². The van der Waals surface area contributed by atoms with Crippen molar-refractivity contribution in [2.24, 2.45) is 0 Å². The Morgan fingerprint density at radius 2 is 2.20 bits per heavy atom. The molecule has 1 aliphatic heterocycles. The SMILES string of the molecule is CCCN1CCC(n2cc[nH]c2=O)CC1. The Morgan fingerprint density at radius 3 is 2.73 bits per heavy atom. The summed E-state index contributed by atoms with van der Waals surface area (Å²) >= 11 is 0. The molecule has 1 aromatic heterocycles. The molecule has 4 nitrogen and oxygen atoms in total. The number of aromatic nitrogens is 2. The van der Waals surface area contributed by atoms with Crippen LogP contribution in [0.1, 0.15) is 32.2 Å². The van der Waals surface area contributed by atoms with Gasteiger partial charge >= 0.3 is 5.69 Å². The van der Waals surface area contributed by atoms with E-state index in [9.17, 15) is 4.79 Å². The zero-order chi connectivity index (χ0) is 10.7. The lowest BCUT2D eigenvalue weighted by Crippen LogP contribution is -2.37. The molecule has 0 aromatic carbocycles. The second kappa shape index (κ2) is 4.66. The van der Waals surface area contributed by atoms with Crippen molar-refractivity contribution in [1.29, 1.82) is 0 Å². The third-order valence-corrected chi connectivity index (χ3v) is 3.17. The van der Waals surface area contributed by atoms with Gasteiger partial charge in [0.05, 0.1) is 0 Å². The zero-order valence-electron chi connectivity index (χ0n) is 9.28. The molecule has 1 fully saturated rings. The van der Waals surface area contributed by atoms with E-state index in [-0.39, 0.29) is 5.69 Å². The fraction of sp³-hybridized carbons (Fsp3) is 0.727. The van der Waals surface area contributed by atoms with Crippen LogP contribution in [-0.4, -0.2) is 34.1 Å². The number of hydrogen-bond acceptors (Lipinski definition) is 2. The molecule has 4 heteroatoms. The van der Waals surface area contributed by atoms with Crippen molar-refractivity contribution in [2.75, 3.05) is 19.6 Å². The minimum atomic E-state index is 0.0314. The largest absolute Gasteiger partial charge is 0.325 e. The van der Waals surface area contributed by atoms with Crippen LogP contribution in [0.15, 0.2) is 17.2 Å². The van der Waals surface area contributed by atoms with E-state index in [1.54, 1.807) is 6.20 Å². The van der Waals surface area contributed by atoms with Gasteiger partial charge in [0.15, 0.2) is 0 Å². The van der Waals surface area contributed by atoms with Crippen LogP contribution in [0.4, 0.5) is 0 Å². The van der Waals surface area contributed by atoms with Gasteiger partial charge in [-0.25, -0.2) is 4.79 Å². The monoisotopic (exact) mass is 209 g/mol. The van der Waals surface area contributed by atoms with Gasteiger partial charge in [-0.2, -0.15) is 0 Å². The number of imidazole rings is 1. The molecule has 1 aliphatic rings. The standard InChI is InChI=1S/C11H19N3O/c1-2-6-13-7-3-10(4-8-13)14-9-5-12-11(14)15/h5,9-10H,2-4,6-8H2,1H3,(H,12,15). The van der Waals surface area contributed by atoms with Gasteiger partial charge in [0.2, 0.25) is 0 Å². The van der Waals surface area contributed by atoms with Crippen molar-refractivity contribution in [3.05, 3.63) is 22.9 Å². The maximum absolute atomic E-state index is 11.4. The van der Waals surface area contributed by atoms with Crippen molar-refractivity contribution < 1.29 is 0 Å². The van der Waals surface area contributed by atoms with E-state index < -0.39 is 0 Å². The highest BCUT2D eigenvalue weighted by Crippen LogP contribution is 2.20. The molecule has 0 amide bonds. The van der Waals surface area contributed by atoms with E-state index >= 15 is 0 Å². The number of nitrogens with one attached hydrogen (secondary N) is 1. The van der Waals surface area contributed by atoms with Gasteiger partial charge in [-0.05, 0) is 25.8 Å². The lowest BCUT2D eigenvalue weighted by Gasteiger charge is -2.31. The third-order valence-electron chi connectivity index (χ3n) is 3.17. The third kappa shape index (κ3) is 2.31. The first-order chi connectivity index (χ1) is 7.31. The minimum Gasteiger partial charge on any atom is -0.313 e. The quantitative estimate of drug-likeness (QED) is 0.813. The Hall–Kier alpha value is -1.03. The Labute approximate surface area is 89.9 Å². The Balaban J connectivity index is 1.94. The molecule has 0 atom stereocenters.